The number of unbranched alkanes of at least 4 members (excludes halogenated alkanes) is 2. The lowest BCUT2D eigenvalue weighted by Gasteiger charge is -2.09. The van der Waals surface area contributed by atoms with Crippen molar-refractivity contribution in [2.24, 2.45) is 0 Å². The minimum absolute atomic E-state index is 0.221. The maximum Gasteiger partial charge on any atom is 0.293 e. The SMILES string of the molecule is CCCCCc1ccc(NC(=S)NC(=O)c2cc3cc(Br)ccc3o2)cc1. The van der Waals surface area contributed by atoms with E-state index < -0.39 is 0 Å². The van der Waals surface area contributed by atoms with Gasteiger partial charge < -0.3 is 9.73 Å². The molecule has 0 aliphatic heterocycles. The molecule has 1 aromatic heterocycles. The summed E-state index contributed by atoms with van der Waals surface area (Å²) in [4.78, 5) is 12.4. The molecule has 0 aliphatic carbocycles. The summed E-state index contributed by atoms with van der Waals surface area (Å²) in [5, 5.41) is 6.77. The Labute approximate surface area is 172 Å². The maximum atomic E-state index is 12.4. The van der Waals surface area contributed by atoms with E-state index in [-0.39, 0.29) is 16.8 Å². The molecule has 3 aromatic rings. The molecule has 6 heteroatoms. The summed E-state index contributed by atoms with van der Waals surface area (Å²) < 4.78 is 6.51. The highest BCUT2D eigenvalue weighted by Gasteiger charge is 2.14. The summed E-state index contributed by atoms with van der Waals surface area (Å²) >= 11 is 8.65. The predicted molar refractivity (Wildman–Crippen MR) is 117 cm³/mol. The smallest absolute Gasteiger partial charge is 0.293 e. The number of thiocarbonyl (C=S) groups is 1. The van der Waals surface area contributed by atoms with Gasteiger partial charge in [-0.1, -0.05) is 47.8 Å². The van der Waals surface area contributed by atoms with Gasteiger partial charge in [0.15, 0.2) is 10.9 Å². The molecule has 3 rings (SSSR count). The van der Waals surface area contributed by atoms with Crippen LogP contribution in [0, 0.1) is 0 Å². The molecule has 2 N–H and O–H groups in total. The van der Waals surface area contributed by atoms with Crippen LogP contribution >= 0.6 is 28.1 Å². The van der Waals surface area contributed by atoms with Crippen molar-refractivity contribution < 1.29 is 9.21 Å². The molecule has 1 heterocycles. The summed E-state index contributed by atoms with van der Waals surface area (Å²) in [6.07, 6.45) is 4.74. The molecule has 4 nitrogen and oxygen atoms in total. The van der Waals surface area contributed by atoms with E-state index in [9.17, 15) is 4.79 Å². The number of amides is 1. The van der Waals surface area contributed by atoms with Crippen LogP contribution in [0.3, 0.4) is 0 Å². The average Bonchev–Trinajstić information content (AvgIpc) is 3.06. The molecule has 0 bridgehead atoms. The summed E-state index contributed by atoms with van der Waals surface area (Å²) in [5.74, 6) is -0.158. The van der Waals surface area contributed by atoms with Gasteiger partial charge in [0, 0.05) is 15.5 Å². The van der Waals surface area contributed by atoms with E-state index in [1.54, 1.807) is 6.07 Å². The van der Waals surface area contributed by atoms with Crippen LogP contribution in [0.1, 0.15) is 42.3 Å². The minimum atomic E-state index is -0.379. The number of rotatable bonds is 6. The minimum Gasteiger partial charge on any atom is -0.451 e. The zero-order valence-electron chi connectivity index (χ0n) is 15.0. The van der Waals surface area contributed by atoms with E-state index in [0.717, 1.165) is 22.0 Å². The lowest BCUT2D eigenvalue weighted by molar-refractivity contribution is 0.0953. The van der Waals surface area contributed by atoms with Gasteiger partial charge in [-0.25, -0.2) is 0 Å². The number of aryl methyl sites for hydroxylation is 1. The van der Waals surface area contributed by atoms with Crippen LogP contribution < -0.4 is 10.6 Å². The van der Waals surface area contributed by atoms with Crippen molar-refractivity contribution in [3.05, 3.63) is 64.3 Å². The third-order valence-electron chi connectivity index (χ3n) is 4.21. The van der Waals surface area contributed by atoms with Crippen LogP contribution in [0.2, 0.25) is 0 Å². The number of hydrogen-bond acceptors (Lipinski definition) is 3. The predicted octanol–water partition coefficient (Wildman–Crippen LogP) is 6.05. The quantitative estimate of drug-likeness (QED) is 0.358. The van der Waals surface area contributed by atoms with E-state index >= 15 is 0 Å². The Morgan fingerprint density at radius 3 is 2.63 bits per heavy atom. The number of nitrogens with one attached hydrogen (secondary N) is 2. The fourth-order valence-corrected chi connectivity index (χ4v) is 3.38. The van der Waals surface area contributed by atoms with Crippen molar-refractivity contribution in [2.45, 2.75) is 32.6 Å². The summed E-state index contributed by atoms with van der Waals surface area (Å²) in [5.41, 5.74) is 2.80. The first-order chi connectivity index (χ1) is 13.0. The van der Waals surface area contributed by atoms with Gasteiger partial charge in [-0.15, -0.1) is 0 Å². The first-order valence-electron chi connectivity index (χ1n) is 8.95. The molecule has 1 amide bonds. The number of furan rings is 1. The van der Waals surface area contributed by atoms with Crippen LogP contribution in [-0.4, -0.2) is 11.0 Å². The summed E-state index contributed by atoms with van der Waals surface area (Å²) in [6.45, 7) is 2.20. The van der Waals surface area contributed by atoms with E-state index in [2.05, 4.69) is 45.6 Å². The van der Waals surface area contributed by atoms with Gasteiger partial charge in [0.25, 0.3) is 5.91 Å². The first-order valence-corrected chi connectivity index (χ1v) is 10.2. The van der Waals surface area contributed by atoms with Gasteiger partial charge in [-0.3, -0.25) is 10.1 Å². The second-order valence-electron chi connectivity index (χ2n) is 6.36. The Balaban J connectivity index is 1.57. The Kier molecular flexibility index (Phi) is 6.63. The molecule has 0 saturated heterocycles. The lowest BCUT2D eigenvalue weighted by Crippen LogP contribution is -2.33. The third kappa shape index (κ3) is 5.40. The monoisotopic (exact) mass is 444 g/mol. The summed E-state index contributed by atoms with van der Waals surface area (Å²) in [7, 11) is 0. The number of carbonyl (C=O) groups is 1. The van der Waals surface area contributed by atoms with E-state index in [1.807, 2.05) is 30.3 Å². The molecule has 0 radical (unpaired) electrons. The number of anilines is 1. The second kappa shape index (κ2) is 9.15. The van der Waals surface area contributed by atoms with Crippen LogP contribution in [0.4, 0.5) is 5.69 Å². The molecular weight excluding hydrogens is 424 g/mol. The van der Waals surface area contributed by atoms with Gasteiger partial charge in [0.05, 0.1) is 0 Å². The van der Waals surface area contributed by atoms with Crippen molar-refractivity contribution in [1.29, 1.82) is 0 Å². The van der Waals surface area contributed by atoms with Crippen molar-refractivity contribution in [3.63, 3.8) is 0 Å². The van der Waals surface area contributed by atoms with Crippen LogP contribution in [0.5, 0.6) is 0 Å². The Morgan fingerprint density at radius 2 is 1.89 bits per heavy atom. The molecule has 0 unspecified atom stereocenters. The molecule has 0 fully saturated rings. The number of hydrogen-bond donors (Lipinski definition) is 2. The third-order valence-corrected chi connectivity index (χ3v) is 4.91. The number of benzene rings is 2. The van der Waals surface area contributed by atoms with Gasteiger partial charge >= 0.3 is 0 Å². The average molecular weight is 445 g/mol. The van der Waals surface area contributed by atoms with Crippen molar-refractivity contribution in [3.8, 4) is 0 Å². The van der Waals surface area contributed by atoms with Gasteiger partial charge in [-0.05, 0) is 67.0 Å². The van der Waals surface area contributed by atoms with E-state index in [0.29, 0.717) is 5.58 Å². The normalized spacial score (nSPS) is 10.7. The van der Waals surface area contributed by atoms with Gasteiger partial charge in [0.2, 0.25) is 0 Å². The highest BCUT2D eigenvalue weighted by atomic mass is 79.9. The Morgan fingerprint density at radius 1 is 1.11 bits per heavy atom. The lowest BCUT2D eigenvalue weighted by atomic mass is 10.1. The Bertz CT molecular complexity index is 950. The fourth-order valence-electron chi connectivity index (χ4n) is 2.79. The number of fused-ring (bicyclic) bond motifs is 1. The molecule has 0 saturated carbocycles. The number of carbonyl (C=O) groups excluding carboxylic acids is 1. The fraction of sp³-hybridized carbons (Fsp3) is 0.238. The Hall–Kier alpha value is -2.18. The van der Waals surface area contributed by atoms with Crippen molar-refractivity contribution >= 4 is 55.8 Å². The van der Waals surface area contributed by atoms with E-state index in [1.165, 1.54) is 24.8 Å². The highest BCUT2D eigenvalue weighted by Crippen LogP contribution is 2.23. The topological polar surface area (TPSA) is 54.3 Å². The van der Waals surface area contributed by atoms with Gasteiger partial charge in [0.1, 0.15) is 5.58 Å². The second-order valence-corrected chi connectivity index (χ2v) is 7.68. The molecule has 0 atom stereocenters. The highest BCUT2D eigenvalue weighted by molar-refractivity contribution is 9.10. The molecule has 27 heavy (non-hydrogen) atoms. The maximum absolute atomic E-state index is 12.4. The van der Waals surface area contributed by atoms with Gasteiger partial charge in [-0.2, -0.15) is 0 Å². The first kappa shape index (κ1) is 19.6. The zero-order chi connectivity index (χ0) is 19.2. The zero-order valence-corrected chi connectivity index (χ0v) is 17.5. The molecule has 2 aromatic carbocycles. The standard InChI is InChI=1S/C21H21BrN2O2S/c1-2-3-4-5-14-6-9-17(10-7-14)23-21(27)24-20(25)19-13-15-12-16(22)8-11-18(15)26-19/h6-13H,2-5H2,1H3,(H2,23,24,25,27). The van der Waals surface area contributed by atoms with E-state index in [4.69, 9.17) is 16.6 Å². The largest absolute Gasteiger partial charge is 0.451 e. The summed E-state index contributed by atoms with van der Waals surface area (Å²) in [6, 6.07) is 15.4. The van der Waals surface area contributed by atoms with Crippen molar-refractivity contribution in [2.75, 3.05) is 5.32 Å². The molecule has 0 aliphatic rings. The molecule has 140 valence electrons. The molecular formula is C21H21BrN2O2S. The van der Waals surface area contributed by atoms with Crippen LogP contribution in [0.25, 0.3) is 11.0 Å². The molecule has 0 spiro atoms. The van der Waals surface area contributed by atoms with Crippen LogP contribution in [-0.2, 0) is 6.42 Å². The van der Waals surface area contributed by atoms with Crippen molar-refractivity contribution in [1.82, 2.24) is 5.32 Å². The number of halogens is 1. The van der Waals surface area contributed by atoms with Crippen LogP contribution in [0.15, 0.2) is 57.4 Å².